The van der Waals surface area contributed by atoms with Gasteiger partial charge in [-0.15, -0.1) is 0 Å². The molecule has 0 saturated carbocycles. The zero-order valence-electron chi connectivity index (χ0n) is 21.3. The topological polar surface area (TPSA) is 78.3 Å². The van der Waals surface area contributed by atoms with Crippen LogP contribution in [0.5, 0.6) is 11.5 Å². The molecule has 7 nitrogen and oxygen atoms in total. The van der Waals surface area contributed by atoms with Crippen molar-refractivity contribution in [3.63, 3.8) is 0 Å². The molecule has 0 aliphatic heterocycles. The van der Waals surface area contributed by atoms with Crippen LogP contribution < -0.4 is 14.8 Å². The minimum atomic E-state index is -0.129. The molecule has 0 aliphatic carbocycles. The number of hydrogen-bond acceptors (Lipinski definition) is 6. The number of hydrogen-bond donors (Lipinski definition) is 1. The fraction of sp³-hybridized carbons (Fsp3) is 0.167. The van der Waals surface area contributed by atoms with Gasteiger partial charge in [-0.1, -0.05) is 54.2 Å². The van der Waals surface area contributed by atoms with Crippen LogP contribution in [0.2, 0.25) is 0 Å². The Hall–Kier alpha value is -4.30. The number of thioether (sulfide) groups is 1. The van der Waals surface area contributed by atoms with Gasteiger partial charge in [0.1, 0.15) is 11.5 Å². The molecule has 0 aliphatic rings. The molecule has 0 atom stereocenters. The molecule has 5 rings (SSSR count). The molecule has 3 aromatic carbocycles. The number of carbonyl (C=O) groups excluding carboxylic acids is 1. The van der Waals surface area contributed by atoms with Crippen LogP contribution in [-0.2, 0) is 18.8 Å². The van der Waals surface area contributed by atoms with Gasteiger partial charge >= 0.3 is 0 Å². The van der Waals surface area contributed by atoms with Crippen LogP contribution in [0.1, 0.15) is 27.0 Å². The Balaban J connectivity index is 1.29. The molecule has 1 amide bonds. The number of para-hydroxylation sites is 1. The lowest BCUT2D eigenvalue weighted by Gasteiger charge is -2.11. The fourth-order valence-corrected chi connectivity index (χ4v) is 5.12. The first-order chi connectivity index (χ1) is 18.6. The first-order valence-electron chi connectivity index (χ1n) is 12.2. The predicted molar refractivity (Wildman–Crippen MR) is 150 cm³/mol. The number of amides is 1. The van der Waals surface area contributed by atoms with Crippen LogP contribution in [0.25, 0.3) is 11.0 Å². The molecule has 2 heterocycles. The van der Waals surface area contributed by atoms with Crippen LogP contribution in [0, 0.1) is 0 Å². The Kier molecular flexibility index (Phi) is 7.89. The molecule has 38 heavy (non-hydrogen) atoms. The number of fused-ring (bicyclic) bond motifs is 1. The summed E-state index contributed by atoms with van der Waals surface area (Å²) in [5.41, 5.74) is 5.68. The second kappa shape index (κ2) is 11.8. The Morgan fingerprint density at radius 1 is 0.921 bits per heavy atom. The van der Waals surface area contributed by atoms with E-state index in [2.05, 4.69) is 27.0 Å². The first-order valence-corrected chi connectivity index (χ1v) is 13.2. The van der Waals surface area contributed by atoms with E-state index in [9.17, 15) is 4.79 Å². The predicted octanol–water partition coefficient (Wildman–Crippen LogP) is 5.72. The fourth-order valence-electron chi connectivity index (χ4n) is 4.15. The van der Waals surface area contributed by atoms with Crippen molar-refractivity contribution in [1.29, 1.82) is 0 Å². The van der Waals surface area contributed by atoms with Crippen molar-refractivity contribution >= 4 is 28.7 Å². The van der Waals surface area contributed by atoms with Crippen molar-refractivity contribution in [3.8, 4) is 11.5 Å². The monoisotopic (exact) mass is 524 g/mol. The lowest BCUT2D eigenvalue weighted by molar-refractivity contribution is 0.0950. The zero-order chi connectivity index (χ0) is 26.3. The Morgan fingerprint density at radius 3 is 2.45 bits per heavy atom. The third kappa shape index (κ3) is 5.81. The van der Waals surface area contributed by atoms with Gasteiger partial charge in [-0.05, 0) is 47.5 Å². The first kappa shape index (κ1) is 25.4. The van der Waals surface area contributed by atoms with Crippen molar-refractivity contribution in [2.24, 2.45) is 0 Å². The summed E-state index contributed by atoms with van der Waals surface area (Å²) in [6.07, 6.45) is 3.61. The second-order valence-electron chi connectivity index (χ2n) is 8.67. The molecule has 2 aromatic heterocycles. The number of ether oxygens (including phenoxy) is 2. The molecule has 0 saturated heterocycles. The summed E-state index contributed by atoms with van der Waals surface area (Å²) in [6, 6.07) is 25.3. The third-order valence-electron chi connectivity index (χ3n) is 6.23. The van der Waals surface area contributed by atoms with E-state index >= 15 is 0 Å². The van der Waals surface area contributed by atoms with Crippen LogP contribution >= 0.6 is 11.8 Å². The Bertz CT molecular complexity index is 1530. The maximum absolute atomic E-state index is 12.7. The summed E-state index contributed by atoms with van der Waals surface area (Å²) in [5, 5.41) is 3.89. The number of pyridine rings is 1. The molecule has 0 radical (unpaired) electrons. The largest absolute Gasteiger partial charge is 0.497 e. The van der Waals surface area contributed by atoms with E-state index in [1.807, 2.05) is 72.9 Å². The maximum atomic E-state index is 12.7. The quantitative estimate of drug-likeness (QED) is 0.236. The minimum absolute atomic E-state index is 0.129. The number of methoxy groups -OCH3 is 2. The number of aromatic nitrogens is 3. The van der Waals surface area contributed by atoms with Crippen LogP contribution in [-0.4, -0.2) is 34.7 Å². The van der Waals surface area contributed by atoms with Crippen molar-refractivity contribution in [2.45, 2.75) is 24.0 Å². The minimum Gasteiger partial charge on any atom is -0.497 e. The van der Waals surface area contributed by atoms with Gasteiger partial charge in [0.25, 0.3) is 5.91 Å². The normalized spacial score (nSPS) is 10.9. The van der Waals surface area contributed by atoms with E-state index < -0.39 is 0 Å². The number of rotatable bonds is 10. The highest BCUT2D eigenvalue weighted by Gasteiger charge is 2.13. The van der Waals surface area contributed by atoms with Gasteiger partial charge in [0.2, 0.25) is 0 Å². The smallest absolute Gasteiger partial charge is 0.251 e. The van der Waals surface area contributed by atoms with E-state index in [0.29, 0.717) is 18.7 Å². The third-order valence-corrected chi connectivity index (χ3v) is 7.28. The Labute approximate surface area is 225 Å². The number of imidazole rings is 1. The standard InChI is InChI=1S/C30H28N4O3S/c1-36-25-13-9-22(10-14-25)20-38-30-33-26-15-16-31-18-27(26)34(30)19-21-7-11-23(12-8-21)29(35)32-17-24-5-3-4-6-28(24)37-2/h3-16,18H,17,19-20H2,1-2H3,(H,32,35). The SMILES string of the molecule is COc1ccc(CSc2nc3ccncc3n2Cc2ccc(C(=O)NCc3ccccc3OC)cc2)cc1. The molecule has 0 spiro atoms. The van der Waals surface area contributed by atoms with Crippen LogP contribution in [0.3, 0.4) is 0 Å². The maximum Gasteiger partial charge on any atom is 0.251 e. The average Bonchev–Trinajstić information content (AvgIpc) is 3.32. The van der Waals surface area contributed by atoms with Gasteiger partial charge in [0.05, 0.1) is 38.0 Å². The second-order valence-corrected chi connectivity index (χ2v) is 9.62. The number of benzene rings is 3. The molecule has 1 N–H and O–H groups in total. The van der Waals surface area contributed by atoms with Gasteiger partial charge in [-0.3, -0.25) is 9.78 Å². The molecule has 0 fully saturated rings. The molecule has 5 aromatic rings. The van der Waals surface area contributed by atoms with Crippen LogP contribution in [0.4, 0.5) is 0 Å². The number of nitrogens with zero attached hydrogens (tertiary/aromatic N) is 3. The van der Waals surface area contributed by atoms with Crippen LogP contribution in [0.15, 0.2) is 96.4 Å². The lowest BCUT2D eigenvalue weighted by Crippen LogP contribution is -2.23. The van der Waals surface area contributed by atoms with Gasteiger partial charge in [0.15, 0.2) is 5.16 Å². The van der Waals surface area contributed by atoms with E-state index in [1.54, 1.807) is 32.2 Å². The highest BCUT2D eigenvalue weighted by molar-refractivity contribution is 7.98. The van der Waals surface area contributed by atoms with Gasteiger partial charge in [0, 0.05) is 29.6 Å². The lowest BCUT2D eigenvalue weighted by atomic mass is 10.1. The molecule has 192 valence electrons. The van der Waals surface area contributed by atoms with Crippen molar-refractivity contribution < 1.29 is 14.3 Å². The summed E-state index contributed by atoms with van der Waals surface area (Å²) in [7, 11) is 3.29. The average molecular weight is 525 g/mol. The van der Waals surface area contributed by atoms with E-state index in [1.165, 1.54) is 5.56 Å². The zero-order valence-corrected chi connectivity index (χ0v) is 22.1. The number of carbonyl (C=O) groups is 1. The summed E-state index contributed by atoms with van der Waals surface area (Å²) in [6.45, 7) is 1.02. The highest BCUT2D eigenvalue weighted by Crippen LogP contribution is 2.28. The van der Waals surface area contributed by atoms with Gasteiger partial charge < -0.3 is 19.4 Å². The van der Waals surface area contributed by atoms with E-state index in [-0.39, 0.29) is 5.91 Å². The van der Waals surface area contributed by atoms with Crippen molar-refractivity contribution in [3.05, 3.63) is 114 Å². The van der Waals surface area contributed by atoms with Gasteiger partial charge in [-0.25, -0.2) is 4.98 Å². The van der Waals surface area contributed by atoms with E-state index in [0.717, 1.165) is 44.6 Å². The van der Waals surface area contributed by atoms with Crippen molar-refractivity contribution in [1.82, 2.24) is 19.9 Å². The highest BCUT2D eigenvalue weighted by atomic mass is 32.2. The number of nitrogens with one attached hydrogen (secondary N) is 1. The summed E-state index contributed by atoms with van der Waals surface area (Å²) in [4.78, 5) is 21.9. The molecule has 0 bridgehead atoms. The molecule has 8 heteroatoms. The van der Waals surface area contributed by atoms with Gasteiger partial charge in [-0.2, -0.15) is 0 Å². The molecule has 0 unspecified atom stereocenters. The summed E-state index contributed by atoms with van der Waals surface area (Å²) in [5.74, 6) is 2.25. The Morgan fingerprint density at radius 2 is 1.68 bits per heavy atom. The van der Waals surface area contributed by atoms with Crippen molar-refractivity contribution in [2.75, 3.05) is 14.2 Å². The summed E-state index contributed by atoms with van der Waals surface area (Å²) < 4.78 is 12.8. The summed E-state index contributed by atoms with van der Waals surface area (Å²) >= 11 is 1.68. The molecular formula is C30H28N4O3S. The van der Waals surface area contributed by atoms with E-state index in [4.69, 9.17) is 14.5 Å². The molecular weight excluding hydrogens is 496 g/mol.